The molecule has 1 N–H and O–H groups in total. The summed E-state index contributed by atoms with van der Waals surface area (Å²) in [6, 6.07) is 11.8. The van der Waals surface area contributed by atoms with Gasteiger partial charge in [-0.25, -0.2) is 4.39 Å². The SMILES string of the molecule is O=C(NCc1nnc2n1CC(C(F)(F)F)CC2)c1cccc(Oc2ccc(F)cc2)c1. The smallest absolute Gasteiger partial charge is 0.393 e. The van der Waals surface area contributed by atoms with E-state index in [2.05, 4.69) is 15.5 Å². The second-order valence-electron chi connectivity index (χ2n) is 7.19. The first-order valence-corrected chi connectivity index (χ1v) is 9.59. The molecule has 1 aliphatic heterocycles. The number of carbonyl (C=O) groups is 1. The molecule has 0 radical (unpaired) electrons. The summed E-state index contributed by atoms with van der Waals surface area (Å²) in [7, 11) is 0. The van der Waals surface area contributed by atoms with E-state index in [0.29, 0.717) is 22.9 Å². The molecule has 2 aromatic carbocycles. The Morgan fingerprint density at radius 3 is 2.65 bits per heavy atom. The predicted molar refractivity (Wildman–Crippen MR) is 102 cm³/mol. The van der Waals surface area contributed by atoms with Gasteiger partial charge in [-0.05, 0) is 48.9 Å². The van der Waals surface area contributed by atoms with E-state index < -0.39 is 23.8 Å². The number of alkyl halides is 3. The second-order valence-corrected chi connectivity index (χ2v) is 7.19. The Balaban J connectivity index is 1.41. The standard InChI is InChI=1S/C21H18F4N4O2/c22-15-5-7-16(8-6-15)31-17-3-1-2-13(10-17)20(30)26-11-19-28-27-18-9-4-14(12-29(18)19)21(23,24)25/h1-3,5-8,10,14H,4,9,11-12H2,(H,26,30). The maximum Gasteiger partial charge on any atom is 0.393 e. The molecule has 2 heterocycles. The number of halogens is 4. The number of nitrogens with one attached hydrogen (secondary N) is 1. The highest BCUT2D eigenvalue weighted by Crippen LogP contribution is 2.34. The quantitative estimate of drug-likeness (QED) is 0.610. The highest BCUT2D eigenvalue weighted by atomic mass is 19.4. The van der Waals surface area contributed by atoms with Crippen LogP contribution in [0.25, 0.3) is 0 Å². The average Bonchev–Trinajstić information content (AvgIpc) is 3.15. The Bertz CT molecular complexity index is 1080. The van der Waals surface area contributed by atoms with Crippen molar-refractivity contribution < 1.29 is 27.1 Å². The van der Waals surface area contributed by atoms with E-state index in [-0.39, 0.29) is 31.8 Å². The molecular formula is C21H18F4N4O2. The minimum absolute atomic E-state index is 0.0190. The van der Waals surface area contributed by atoms with Crippen LogP contribution in [-0.2, 0) is 19.5 Å². The van der Waals surface area contributed by atoms with Gasteiger partial charge >= 0.3 is 6.18 Å². The van der Waals surface area contributed by atoms with Crippen LogP contribution in [0.2, 0.25) is 0 Å². The zero-order chi connectivity index (χ0) is 22.0. The van der Waals surface area contributed by atoms with Gasteiger partial charge in [-0.1, -0.05) is 6.07 Å². The van der Waals surface area contributed by atoms with E-state index in [1.54, 1.807) is 18.2 Å². The van der Waals surface area contributed by atoms with E-state index in [1.807, 2.05) is 0 Å². The van der Waals surface area contributed by atoms with Crippen molar-refractivity contribution >= 4 is 5.91 Å². The molecule has 0 aliphatic carbocycles. The molecule has 162 valence electrons. The molecule has 1 aliphatic rings. The molecule has 10 heteroatoms. The number of aromatic nitrogens is 3. The predicted octanol–water partition coefficient (Wildman–Crippen LogP) is 4.26. The molecule has 3 aromatic rings. The summed E-state index contributed by atoms with van der Waals surface area (Å²) in [6.45, 7) is -0.308. The number of benzene rings is 2. The van der Waals surface area contributed by atoms with Gasteiger partial charge < -0.3 is 14.6 Å². The summed E-state index contributed by atoms with van der Waals surface area (Å²) in [4.78, 5) is 12.5. The number of hydrogen-bond donors (Lipinski definition) is 1. The van der Waals surface area contributed by atoms with Crippen molar-refractivity contribution in [1.29, 1.82) is 0 Å². The van der Waals surface area contributed by atoms with Gasteiger partial charge in [0, 0.05) is 18.5 Å². The highest BCUT2D eigenvalue weighted by Gasteiger charge is 2.42. The summed E-state index contributed by atoms with van der Waals surface area (Å²) in [5.74, 6) is -0.732. The number of aryl methyl sites for hydroxylation is 1. The lowest BCUT2D eigenvalue weighted by Crippen LogP contribution is -2.33. The van der Waals surface area contributed by atoms with Crippen LogP contribution in [0.15, 0.2) is 48.5 Å². The van der Waals surface area contributed by atoms with Crippen molar-refractivity contribution in [3.8, 4) is 11.5 Å². The number of nitrogens with zero attached hydrogens (tertiary/aromatic N) is 3. The lowest BCUT2D eigenvalue weighted by molar-refractivity contribution is -0.182. The minimum Gasteiger partial charge on any atom is -0.457 e. The largest absolute Gasteiger partial charge is 0.457 e. The van der Waals surface area contributed by atoms with E-state index in [4.69, 9.17) is 4.74 Å². The monoisotopic (exact) mass is 434 g/mol. The molecule has 0 saturated carbocycles. The summed E-state index contributed by atoms with van der Waals surface area (Å²) in [5.41, 5.74) is 0.297. The number of ether oxygens (including phenoxy) is 1. The Labute approximate surface area is 174 Å². The van der Waals surface area contributed by atoms with Crippen molar-refractivity contribution in [3.05, 3.63) is 71.6 Å². The van der Waals surface area contributed by atoms with Crippen LogP contribution in [0.1, 0.15) is 28.4 Å². The fourth-order valence-electron chi connectivity index (χ4n) is 3.38. The van der Waals surface area contributed by atoms with Crippen molar-refractivity contribution in [2.24, 2.45) is 5.92 Å². The average molecular weight is 434 g/mol. The summed E-state index contributed by atoms with van der Waals surface area (Å²) >= 11 is 0. The van der Waals surface area contributed by atoms with E-state index in [9.17, 15) is 22.4 Å². The third kappa shape index (κ3) is 4.84. The molecule has 0 spiro atoms. The number of hydrogen-bond acceptors (Lipinski definition) is 4. The maximum atomic E-state index is 13.1. The van der Waals surface area contributed by atoms with Gasteiger partial charge in [0.25, 0.3) is 5.91 Å². The van der Waals surface area contributed by atoms with Crippen molar-refractivity contribution in [2.45, 2.75) is 32.1 Å². The van der Waals surface area contributed by atoms with Gasteiger partial charge in [0.1, 0.15) is 23.1 Å². The van der Waals surface area contributed by atoms with Gasteiger partial charge in [-0.15, -0.1) is 10.2 Å². The van der Waals surface area contributed by atoms with Gasteiger partial charge in [-0.3, -0.25) is 4.79 Å². The first-order valence-electron chi connectivity index (χ1n) is 9.59. The molecule has 0 bridgehead atoms. The number of carbonyl (C=O) groups excluding carboxylic acids is 1. The van der Waals surface area contributed by atoms with Crippen LogP contribution < -0.4 is 10.1 Å². The minimum atomic E-state index is -4.28. The van der Waals surface area contributed by atoms with E-state index in [0.717, 1.165) is 0 Å². The first-order chi connectivity index (χ1) is 14.8. The molecule has 4 rings (SSSR count). The Kier molecular flexibility index (Phi) is 5.62. The molecule has 1 unspecified atom stereocenters. The molecule has 31 heavy (non-hydrogen) atoms. The summed E-state index contributed by atoms with van der Waals surface area (Å²) < 4.78 is 59.3. The molecular weight excluding hydrogens is 416 g/mol. The maximum absolute atomic E-state index is 13.1. The molecule has 1 atom stereocenters. The van der Waals surface area contributed by atoms with Crippen molar-refractivity contribution in [3.63, 3.8) is 0 Å². The Morgan fingerprint density at radius 2 is 1.90 bits per heavy atom. The highest BCUT2D eigenvalue weighted by molar-refractivity contribution is 5.94. The number of amides is 1. The van der Waals surface area contributed by atoms with Crippen molar-refractivity contribution in [2.75, 3.05) is 0 Å². The van der Waals surface area contributed by atoms with Crippen LogP contribution in [0, 0.1) is 11.7 Å². The molecule has 1 aromatic heterocycles. The van der Waals surface area contributed by atoms with Crippen LogP contribution in [-0.4, -0.2) is 26.8 Å². The normalized spacial score (nSPS) is 15.9. The molecule has 0 fully saturated rings. The van der Waals surface area contributed by atoms with Gasteiger partial charge in [0.15, 0.2) is 5.82 Å². The molecule has 6 nitrogen and oxygen atoms in total. The lowest BCUT2D eigenvalue weighted by atomic mass is 9.99. The summed E-state index contributed by atoms with van der Waals surface area (Å²) in [5, 5.41) is 10.5. The molecule has 0 saturated heterocycles. The van der Waals surface area contributed by atoms with E-state index >= 15 is 0 Å². The van der Waals surface area contributed by atoms with Crippen LogP contribution in [0.4, 0.5) is 17.6 Å². The third-order valence-corrected chi connectivity index (χ3v) is 5.04. The topological polar surface area (TPSA) is 69.0 Å². The third-order valence-electron chi connectivity index (χ3n) is 5.04. The van der Waals surface area contributed by atoms with Gasteiger partial charge in [0.05, 0.1) is 12.5 Å². The Morgan fingerprint density at radius 1 is 1.13 bits per heavy atom. The Hall–Kier alpha value is -3.43. The lowest BCUT2D eigenvalue weighted by Gasteiger charge is -2.26. The van der Waals surface area contributed by atoms with Gasteiger partial charge in [0.2, 0.25) is 0 Å². The van der Waals surface area contributed by atoms with Crippen molar-refractivity contribution in [1.82, 2.24) is 20.1 Å². The molecule has 1 amide bonds. The van der Waals surface area contributed by atoms with Crippen LogP contribution in [0.5, 0.6) is 11.5 Å². The number of fused-ring (bicyclic) bond motifs is 1. The summed E-state index contributed by atoms with van der Waals surface area (Å²) in [6.07, 6.45) is -4.11. The van der Waals surface area contributed by atoms with Gasteiger partial charge in [-0.2, -0.15) is 13.2 Å². The van der Waals surface area contributed by atoms with Crippen LogP contribution in [0.3, 0.4) is 0 Å². The number of rotatable bonds is 5. The second kappa shape index (κ2) is 8.37. The fourth-order valence-corrected chi connectivity index (χ4v) is 3.38. The van der Waals surface area contributed by atoms with E-state index in [1.165, 1.54) is 34.9 Å². The zero-order valence-electron chi connectivity index (χ0n) is 16.2. The first kappa shape index (κ1) is 20.8. The van der Waals surface area contributed by atoms with Crippen LogP contribution >= 0.6 is 0 Å². The zero-order valence-corrected chi connectivity index (χ0v) is 16.2. The fraction of sp³-hybridized carbons (Fsp3) is 0.286.